The fourth-order valence-electron chi connectivity index (χ4n) is 2.90. The number of nitrogens with zero attached hydrogens (tertiary/aromatic N) is 1. The molecule has 0 unspecified atom stereocenters. The van der Waals surface area contributed by atoms with E-state index in [1.807, 2.05) is 19.9 Å². The Bertz CT molecular complexity index is 581. The first-order valence-electron chi connectivity index (χ1n) is 9.14. The number of nitrogens with two attached hydrogens (primary N) is 1. The number of nitrogens with one attached hydrogen (secondary N) is 2. The molecular formula is C19H30N4O2. The number of likely N-dealkylation sites (tertiary alicyclic amines) is 1. The quantitative estimate of drug-likeness (QED) is 0.738. The van der Waals surface area contributed by atoms with E-state index in [4.69, 9.17) is 5.73 Å². The predicted octanol–water partition coefficient (Wildman–Crippen LogP) is 2.42. The highest BCUT2D eigenvalue weighted by atomic mass is 16.2. The summed E-state index contributed by atoms with van der Waals surface area (Å²) in [6, 6.07) is 6.61. The second-order valence-corrected chi connectivity index (χ2v) is 7.08. The topological polar surface area (TPSA) is 87.5 Å². The van der Waals surface area contributed by atoms with Crippen LogP contribution in [0.2, 0.25) is 0 Å². The van der Waals surface area contributed by atoms with Crippen LogP contribution in [0.3, 0.4) is 0 Å². The van der Waals surface area contributed by atoms with Crippen molar-refractivity contribution in [3.8, 4) is 0 Å². The molecule has 2 amide bonds. The van der Waals surface area contributed by atoms with Gasteiger partial charge in [-0.25, -0.2) is 0 Å². The third-order valence-electron chi connectivity index (χ3n) is 4.50. The van der Waals surface area contributed by atoms with Crippen LogP contribution in [0, 0.1) is 5.92 Å². The third-order valence-corrected chi connectivity index (χ3v) is 4.50. The highest BCUT2D eigenvalue weighted by Gasteiger charge is 2.17. The van der Waals surface area contributed by atoms with E-state index in [0.29, 0.717) is 17.9 Å². The van der Waals surface area contributed by atoms with Gasteiger partial charge in [0.05, 0.1) is 12.6 Å². The second kappa shape index (κ2) is 9.53. The van der Waals surface area contributed by atoms with Crippen LogP contribution in [0.5, 0.6) is 0 Å². The SMILES string of the molecule is CC(C)[C@H](N)C(=O)Nc1cccc(NC(=O)CN2CCCCCC2)c1. The molecule has 0 bridgehead atoms. The second-order valence-electron chi connectivity index (χ2n) is 7.08. The van der Waals surface area contributed by atoms with Crippen LogP contribution in [0.25, 0.3) is 0 Å². The minimum Gasteiger partial charge on any atom is -0.325 e. The first-order chi connectivity index (χ1) is 12.0. The van der Waals surface area contributed by atoms with E-state index >= 15 is 0 Å². The maximum Gasteiger partial charge on any atom is 0.241 e. The van der Waals surface area contributed by atoms with E-state index in [2.05, 4.69) is 15.5 Å². The van der Waals surface area contributed by atoms with Gasteiger partial charge in [-0.15, -0.1) is 0 Å². The molecule has 1 aromatic carbocycles. The average molecular weight is 346 g/mol. The maximum atomic E-state index is 12.3. The number of carbonyl (C=O) groups is 2. The first-order valence-corrected chi connectivity index (χ1v) is 9.14. The Morgan fingerprint density at radius 2 is 1.68 bits per heavy atom. The van der Waals surface area contributed by atoms with Gasteiger partial charge < -0.3 is 16.4 Å². The summed E-state index contributed by atoms with van der Waals surface area (Å²) in [7, 11) is 0. The fraction of sp³-hybridized carbons (Fsp3) is 0.579. The van der Waals surface area contributed by atoms with Crippen molar-refractivity contribution in [2.75, 3.05) is 30.3 Å². The van der Waals surface area contributed by atoms with Crippen LogP contribution in [0.1, 0.15) is 39.5 Å². The minimum absolute atomic E-state index is 0.0238. The average Bonchev–Trinajstić information content (AvgIpc) is 2.82. The predicted molar refractivity (Wildman–Crippen MR) is 101 cm³/mol. The monoisotopic (exact) mass is 346 g/mol. The molecule has 1 aliphatic rings. The Balaban J connectivity index is 1.89. The Morgan fingerprint density at radius 1 is 1.08 bits per heavy atom. The van der Waals surface area contributed by atoms with Crippen molar-refractivity contribution in [1.29, 1.82) is 0 Å². The van der Waals surface area contributed by atoms with E-state index in [0.717, 1.165) is 25.9 Å². The number of rotatable bonds is 6. The zero-order valence-electron chi connectivity index (χ0n) is 15.3. The van der Waals surface area contributed by atoms with Crippen molar-refractivity contribution >= 4 is 23.2 Å². The molecule has 6 heteroatoms. The summed E-state index contributed by atoms with van der Waals surface area (Å²) in [5.41, 5.74) is 7.17. The Morgan fingerprint density at radius 3 is 2.28 bits per heavy atom. The van der Waals surface area contributed by atoms with Gasteiger partial charge in [0.1, 0.15) is 0 Å². The van der Waals surface area contributed by atoms with Gasteiger partial charge in [0.15, 0.2) is 0 Å². The van der Waals surface area contributed by atoms with Crippen LogP contribution in [0.15, 0.2) is 24.3 Å². The molecule has 1 aliphatic heterocycles. The van der Waals surface area contributed by atoms with Crippen LogP contribution < -0.4 is 16.4 Å². The van der Waals surface area contributed by atoms with E-state index in [1.165, 1.54) is 12.8 Å². The molecule has 6 nitrogen and oxygen atoms in total. The van der Waals surface area contributed by atoms with Gasteiger partial charge in [-0.05, 0) is 50.0 Å². The van der Waals surface area contributed by atoms with Gasteiger partial charge in [0, 0.05) is 11.4 Å². The van der Waals surface area contributed by atoms with Gasteiger partial charge in [0.2, 0.25) is 11.8 Å². The van der Waals surface area contributed by atoms with Crippen LogP contribution >= 0.6 is 0 Å². The third kappa shape index (κ3) is 6.48. The molecular weight excluding hydrogens is 316 g/mol. The van der Waals surface area contributed by atoms with Crippen molar-refractivity contribution in [2.45, 2.75) is 45.6 Å². The van der Waals surface area contributed by atoms with E-state index in [9.17, 15) is 9.59 Å². The fourth-order valence-corrected chi connectivity index (χ4v) is 2.90. The molecule has 0 radical (unpaired) electrons. The lowest BCUT2D eigenvalue weighted by molar-refractivity contribution is -0.118. The molecule has 0 spiro atoms. The molecule has 0 saturated carbocycles. The van der Waals surface area contributed by atoms with Gasteiger partial charge in [-0.2, -0.15) is 0 Å². The summed E-state index contributed by atoms with van der Waals surface area (Å²) in [6.07, 6.45) is 4.81. The number of amides is 2. The zero-order valence-corrected chi connectivity index (χ0v) is 15.3. The summed E-state index contributed by atoms with van der Waals surface area (Å²) in [6.45, 7) is 6.19. The van der Waals surface area contributed by atoms with Crippen molar-refractivity contribution in [3.05, 3.63) is 24.3 Å². The maximum absolute atomic E-state index is 12.3. The summed E-state index contributed by atoms with van der Waals surface area (Å²) in [5, 5.41) is 5.71. The summed E-state index contributed by atoms with van der Waals surface area (Å²) in [5.74, 6) is -0.177. The molecule has 138 valence electrons. The molecule has 2 rings (SSSR count). The number of carbonyl (C=O) groups excluding carboxylic acids is 2. The number of benzene rings is 1. The highest BCUT2D eigenvalue weighted by molar-refractivity contribution is 5.96. The molecule has 0 aromatic heterocycles. The smallest absolute Gasteiger partial charge is 0.241 e. The highest BCUT2D eigenvalue weighted by Crippen LogP contribution is 2.16. The van der Waals surface area contributed by atoms with Crippen molar-refractivity contribution < 1.29 is 9.59 Å². The van der Waals surface area contributed by atoms with Crippen molar-refractivity contribution in [3.63, 3.8) is 0 Å². The van der Waals surface area contributed by atoms with Gasteiger partial charge in [-0.3, -0.25) is 14.5 Å². The summed E-state index contributed by atoms with van der Waals surface area (Å²) in [4.78, 5) is 26.5. The zero-order chi connectivity index (χ0) is 18.2. The van der Waals surface area contributed by atoms with Gasteiger partial charge in [-0.1, -0.05) is 32.8 Å². The van der Waals surface area contributed by atoms with E-state index in [-0.39, 0.29) is 17.7 Å². The Hall–Kier alpha value is -1.92. The largest absolute Gasteiger partial charge is 0.325 e. The van der Waals surface area contributed by atoms with E-state index < -0.39 is 6.04 Å². The number of hydrogen-bond donors (Lipinski definition) is 3. The molecule has 1 saturated heterocycles. The summed E-state index contributed by atoms with van der Waals surface area (Å²) >= 11 is 0. The van der Waals surface area contributed by atoms with Gasteiger partial charge >= 0.3 is 0 Å². The van der Waals surface area contributed by atoms with Crippen LogP contribution in [-0.4, -0.2) is 42.4 Å². The number of hydrogen-bond acceptors (Lipinski definition) is 4. The summed E-state index contributed by atoms with van der Waals surface area (Å²) < 4.78 is 0. The van der Waals surface area contributed by atoms with Crippen LogP contribution in [-0.2, 0) is 9.59 Å². The lowest BCUT2D eigenvalue weighted by Gasteiger charge is -2.19. The molecule has 1 fully saturated rings. The molecule has 1 heterocycles. The molecule has 0 aliphatic carbocycles. The Kier molecular flexibility index (Phi) is 7.40. The molecule has 1 aromatic rings. The number of anilines is 2. The van der Waals surface area contributed by atoms with Crippen LogP contribution in [0.4, 0.5) is 11.4 Å². The normalized spacial score (nSPS) is 17.0. The lowest BCUT2D eigenvalue weighted by Crippen LogP contribution is -2.39. The first kappa shape index (κ1) is 19.4. The van der Waals surface area contributed by atoms with Crippen molar-refractivity contribution in [2.24, 2.45) is 11.7 Å². The minimum atomic E-state index is -0.554. The molecule has 25 heavy (non-hydrogen) atoms. The molecule has 4 N–H and O–H groups in total. The standard InChI is InChI=1S/C19H30N4O2/c1-14(2)18(20)19(25)22-16-9-7-8-15(12-16)21-17(24)13-23-10-5-3-4-6-11-23/h7-9,12,14,18H,3-6,10-11,13,20H2,1-2H3,(H,21,24)(H,22,25)/t18-/m0/s1. The Labute approximate surface area is 150 Å². The van der Waals surface area contributed by atoms with Gasteiger partial charge in [0.25, 0.3) is 0 Å². The van der Waals surface area contributed by atoms with Crippen molar-refractivity contribution in [1.82, 2.24) is 4.90 Å². The lowest BCUT2D eigenvalue weighted by atomic mass is 10.0. The molecule has 1 atom stereocenters. The van der Waals surface area contributed by atoms with E-state index in [1.54, 1.807) is 18.2 Å².